The van der Waals surface area contributed by atoms with Gasteiger partial charge < -0.3 is 9.80 Å². The quantitative estimate of drug-likeness (QED) is 0.732. The van der Waals surface area contributed by atoms with E-state index in [1.54, 1.807) is 4.52 Å². The van der Waals surface area contributed by atoms with Crippen LogP contribution in [0.1, 0.15) is 12.8 Å². The lowest BCUT2D eigenvalue weighted by molar-refractivity contribution is -0.117. The van der Waals surface area contributed by atoms with Crippen LogP contribution >= 0.6 is 0 Å². The minimum Gasteiger partial charge on any atom is -0.366 e. The molecule has 3 aromatic rings. The van der Waals surface area contributed by atoms with Crippen molar-refractivity contribution in [1.82, 2.24) is 14.6 Å². The van der Waals surface area contributed by atoms with Gasteiger partial charge in [-0.15, -0.1) is 5.10 Å². The number of carbonyl (C=O) groups is 1. The molecule has 2 fully saturated rings. The second-order valence-corrected chi connectivity index (χ2v) is 7.42. The molecule has 7 nitrogen and oxygen atoms in total. The molecule has 1 saturated carbocycles. The summed E-state index contributed by atoms with van der Waals surface area (Å²) in [7, 11) is 0. The summed E-state index contributed by atoms with van der Waals surface area (Å²) in [5.74, 6) is 0.0983. The van der Waals surface area contributed by atoms with Gasteiger partial charge in [0.15, 0.2) is 5.65 Å². The van der Waals surface area contributed by atoms with Crippen LogP contribution in [0, 0.1) is 17.6 Å². The molecule has 0 unspecified atom stereocenters. The number of benzene rings is 1. The lowest BCUT2D eigenvalue weighted by Crippen LogP contribution is -2.47. The number of piperazine rings is 1. The Balaban J connectivity index is 1.33. The molecule has 0 atom stereocenters. The van der Waals surface area contributed by atoms with Crippen LogP contribution in [-0.2, 0) is 4.79 Å². The van der Waals surface area contributed by atoms with Crippen molar-refractivity contribution in [3.63, 3.8) is 0 Å². The maximum absolute atomic E-state index is 14.1. The standard InChI is InChI=1S/C20H20F2N6O/c21-14-6-7-16(15(22)12-14)26-8-10-27(11-9-26)18-3-1-2-17-23-20(25-28(17)18)24-19(29)13-4-5-13/h1-3,6-7,12-13H,4-5,8-11H2,(H,24,25,29). The van der Waals surface area contributed by atoms with Gasteiger partial charge in [-0.05, 0) is 37.1 Å². The summed E-state index contributed by atoms with van der Waals surface area (Å²) in [6.07, 6.45) is 1.84. The lowest BCUT2D eigenvalue weighted by atomic mass is 10.2. The zero-order valence-electron chi connectivity index (χ0n) is 15.7. The maximum Gasteiger partial charge on any atom is 0.249 e. The van der Waals surface area contributed by atoms with Gasteiger partial charge in [0.1, 0.15) is 17.5 Å². The molecule has 9 heteroatoms. The van der Waals surface area contributed by atoms with E-state index >= 15 is 0 Å². The van der Waals surface area contributed by atoms with Crippen LogP contribution in [-0.4, -0.2) is 46.7 Å². The van der Waals surface area contributed by atoms with Crippen LogP contribution < -0.4 is 15.1 Å². The van der Waals surface area contributed by atoms with Crippen LogP contribution in [0.2, 0.25) is 0 Å². The van der Waals surface area contributed by atoms with Crippen molar-refractivity contribution < 1.29 is 13.6 Å². The van der Waals surface area contributed by atoms with Crippen molar-refractivity contribution >= 4 is 29.0 Å². The van der Waals surface area contributed by atoms with E-state index in [2.05, 4.69) is 20.3 Å². The molecule has 5 rings (SSSR count). The van der Waals surface area contributed by atoms with Crippen molar-refractivity contribution in [2.24, 2.45) is 5.92 Å². The molecule has 1 aliphatic carbocycles. The van der Waals surface area contributed by atoms with E-state index in [1.807, 2.05) is 23.1 Å². The summed E-state index contributed by atoms with van der Waals surface area (Å²) in [4.78, 5) is 20.4. The fraction of sp³-hybridized carbons (Fsp3) is 0.350. The highest BCUT2D eigenvalue weighted by atomic mass is 19.1. The number of anilines is 3. The summed E-state index contributed by atoms with van der Waals surface area (Å²) in [6, 6.07) is 9.36. The molecular weight excluding hydrogens is 378 g/mol. The van der Waals surface area contributed by atoms with Gasteiger partial charge in [-0.25, -0.2) is 8.78 Å². The predicted molar refractivity (Wildman–Crippen MR) is 105 cm³/mol. The van der Waals surface area contributed by atoms with Crippen LogP contribution in [0.4, 0.5) is 26.2 Å². The average molecular weight is 398 g/mol. The van der Waals surface area contributed by atoms with Crippen molar-refractivity contribution in [2.75, 3.05) is 41.3 Å². The number of hydrogen-bond acceptors (Lipinski definition) is 5. The van der Waals surface area contributed by atoms with E-state index in [9.17, 15) is 13.6 Å². The number of hydrogen-bond donors (Lipinski definition) is 1. The Morgan fingerprint density at radius 2 is 1.79 bits per heavy atom. The van der Waals surface area contributed by atoms with Crippen molar-refractivity contribution in [1.29, 1.82) is 0 Å². The fourth-order valence-electron chi connectivity index (χ4n) is 3.66. The summed E-state index contributed by atoms with van der Waals surface area (Å²) in [5.41, 5.74) is 1.07. The van der Waals surface area contributed by atoms with E-state index in [4.69, 9.17) is 0 Å². The topological polar surface area (TPSA) is 65.8 Å². The third-order valence-electron chi connectivity index (χ3n) is 5.38. The molecule has 1 aromatic carbocycles. The van der Waals surface area contributed by atoms with Crippen LogP contribution in [0.5, 0.6) is 0 Å². The first-order valence-electron chi connectivity index (χ1n) is 9.70. The Morgan fingerprint density at radius 3 is 2.52 bits per heavy atom. The number of nitrogens with one attached hydrogen (secondary N) is 1. The van der Waals surface area contributed by atoms with Crippen molar-refractivity contribution in [3.05, 3.63) is 48.0 Å². The molecule has 0 radical (unpaired) electrons. The second kappa shape index (κ2) is 6.98. The highest BCUT2D eigenvalue weighted by Crippen LogP contribution is 2.30. The number of aromatic nitrogens is 3. The van der Waals surface area contributed by atoms with Gasteiger partial charge in [-0.3, -0.25) is 10.1 Å². The van der Waals surface area contributed by atoms with E-state index in [0.29, 0.717) is 43.5 Å². The first-order valence-corrected chi connectivity index (χ1v) is 9.70. The van der Waals surface area contributed by atoms with Gasteiger partial charge in [0, 0.05) is 38.2 Å². The number of carbonyl (C=O) groups excluding carboxylic acids is 1. The molecular formula is C20H20F2N6O. The Morgan fingerprint density at radius 1 is 1.03 bits per heavy atom. The second-order valence-electron chi connectivity index (χ2n) is 7.42. The summed E-state index contributed by atoms with van der Waals surface area (Å²) < 4.78 is 29.0. The number of halogens is 2. The zero-order chi connectivity index (χ0) is 20.0. The van der Waals surface area contributed by atoms with E-state index < -0.39 is 11.6 Å². The first kappa shape index (κ1) is 17.8. The number of pyridine rings is 1. The van der Waals surface area contributed by atoms with Crippen LogP contribution in [0.25, 0.3) is 5.65 Å². The molecule has 150 valence electrons. The monoisotopic (exact) mass is 398 g/mol. The maximum atomic E-state index is 14.1. The van der Waals surface area contributed by atoms with Gasteiger partial charge in [-0.2, -0.15) is 9.50 Å². The largest absolute Gasteiger partial charge is 0.366 e. The van der Waals surface area contributed by atoms with E-state index in [0.717, 1.165) is 24.7 Å². The summed E-state index contributed by atoms with van der Waals surface area (Å²) >= 11 is 0. The Bertz CT molecular complexity index is 1070. The third kappa shape index (κ3) is 3.48. The fourth-order valence-corrected chi connectivity index (χ4v) is 3.66. The minimum atomic E-state index is -0.577. The molecule has 2 aromatic heterocycles. The van der Waals surface area contributed by atoms with Crippen LogP contribution in [0.15, 0.2) is 36.4 Å². The molecule has 2 aliphatic rings. The molecule has 1 N–H and O–H groups in total. The third-order valence-corrected chi connectivity index (χ3v) is 5.38. The number of amides is 1. The number of fused-ring (bicyclic) bond motifs is 1. The van der Waals surface area contributed by atoms with E-state index in [1.165, 1.54) is 12.1 Å². The Labute approximate surface area is 165 Å². The van der Waals surface area contributed by atoms with E-state index in [-0.39, 0.29) is 11.8 Å². The van der Waals surface area contributed by atoms with Crippen LogP contribution in [0.3, 0.4) is 0 Å². The smallest absolute Gasteiger partial charge is 0.249 e. The highest BCUT2D eigenvalue weighted by molar-refractivity contribution is 5.92. The Hall–Kier alpha value is -3.23. The van der Waals surface area contributed by atoms with Crippen molar-refractivity contribution in [3.8, 4) is 0 Å². The number of rotatable bonds is 4. The SMILES string of the molecule is O=C(Nc1nc2cccc(N3CCN(c4ccc(F)cc4F)CC3)n2n1)C1CC1. The molecule has 3 heterocycles. The minimum absolute atomic E-state index is 0.0302. The highest BCUT2D eigenvalue weighted by Gasteiger charge is 2.30. The molecule has 0 spiro atoms. The summed E-state index contributed by atoms with van der Waals surface area (Å²) in [5, 5.41) is 7.24. The van der Waals surface area contributed by atoms with Gasteiger partial charge in [-0.1, -0.05) is 6.07 Å². The average Bonchev–Trinajstić information content (AvgIpc) is 3.48. The van der Waals surface area contributed by atoms with Gasteiger partial charge in [0.25, 0.3) is 0 Å². The molecule has 0 bridgehead atoms. The van der Waals surface area contributed by atoms with Gasteiger partial charge in [0.05, 0.1) is 5.69 Å². The predicted octanol–water partition coefficient (Wildman–Crippen LogP) is 2.68. The zero-order valence-corrected chi connectivity index (χ0v) is 15.7. The molecule has 29 heavy (non-hydrogen) atoms. The molecule has 1 aliphatic heterocycles. The number of nitrogens with zero attached hydrogens (tertiary/aromatic N) is 5. The Kier molecular flexibility index (Phi) is 4.30. The lowest BCUT2D eigenvalue weighted by Gasteiger charge is -2.37. The molecule has 1 amide bonds. The van der Waals surface area contributed by atoms with Gasteiger partial charge >= 0.3 is 0 Å². The van der Waals surface area contributed by atoms with Crippen molar-refractivity contribution in [2.45, 2.75) is 12.8 Å². The molecule has 1 saturated heterocycles. The first-order chi connectivity index (χ1) is 14.1. The van der Waals surface area contributed by atoms with Gasteiger partial charge in [0.2, 0.25) is 11.9 Å². The summed E-state index contributed by atoms with van der Waals surface area (Å²) in [6.45, 7) is 2.50. The normalized spacial score (nSPS) is 17.0.